The van der Waals surface area contributed by atoms with Crippen molar-refractivity contribution in [3.05, 3.63) is 70.8 Å². The van der Waals surface area contributed by atoms with E-state index in [1.54, 1.807) is 48.5 Å². The minimum Gasteiger partial charge on any atom is -1.00 e. The molecule has 2 aromatic rings. The molecule has 0 amide bonds. The summed E-state index contributed by atoms with van der Waals surface area (Å²) in [5, 5.41) is 8.84. The first-order chi connectivity index (χ1) is 13.8. The van der Waals surface area contributed by atoms with Crippen LogP contribution in [0.2, 0.25) is 0 Å². The molecule has 0 saturated heterocycles. The molecule has 0 atom stereocenters. The number of benzene rings is 2. The van der Waals surface area contributed by atoms with Crippen LogP contribution < -0.4 is 29.6 Å². The Morgan fingerprint density at radius 1 is 0.812 bits per heavy atom. The summed E-state index contributed by atoms with van der Waals surface area (Å²) in [7, 11) is 0. The Bertz CT molecular complexity index is 857. The van der Waals surface area contributed by atoms with Crippen LogP contribution in [0.3, 0.4) is 0 Å². The summed E-state index contributed by atoms with van der Waals surface area (Å²) in [6.07, 6.45) is 0.735. The summed E-state index contributed by atoms with van der Waals surface area (Å²) in [6.45, 7) is 10.9. The number of carbonyl (C=O) groups excluding carboxylic acids is 3. The van der Waals surface area contributed by atoms with Crippen molar-refractivity contribution in [2.45, 2.75) is 59.4 Å². The average molecular weight is 449 g/mol. The van der Waals surface area contributed by atoms with Crippen LogP contribution in [0.1, 0.15) is 79.6 Å². The Labute approximate surface area is 216 Å². The number of rotatable bonds is 4. The largest absolute Gasteiger partial charge is 1.00 e. The number of aldehydes is 1. The topological polar surface area (TPSA) is 89.9 Å². The number of esters is 2. The van der Waals surface area contributed by atoms with Gasteiger partial charge in [-0.15, -0.1) is 0 Å². The molecule has 0 spiro atoms. The Kier molecular flexibility index (Phi) is 14.4. The zero-order chi connectivity index (χ0) is 22.9. The van der Waals surface area contributed by atoms with Crippen molar-refractivity contribution in [1.29, 1.82) is 0 Å². The van der Waals surface area contributed by atoms with Gasteiger partial charge in [-0.05, 0) is 71.4 Å². The number of carbonyl (C=O) groups is 3. The van der Waals surface area contributed by atoms with Crippen molar-refractivity contribution in [3.8, 4) is 0 Å². The fourth-order valence-corrected chi connectivity index (χ4v) is 2.12. The zero-order valence-corrected chi connectivity index (χ0v) is 22.0. The van der Waals surface area contributed by atoms with Crippen LogP contribution in [0.15, 0.2) is 48.5 Å². The number of hydrogen-bond acceptors (Lipinski definition) is 6. The van der Waals surface area contributed by atoms with E-state index in [2.05, 4.69) is 0 Å². The van der Waals surface area contributed by atoms with Crippen LogP contribution in [0.4, 0.5) is 0 Å². The van der Waals surface area contributed by atoms with Crippen molar-refractivity contribution in [2.75, 3.05) is 0 Å². The third-order valence-corrected chi connectivity index (χ3v) is 3.45. The fourth-order valence-electron chi connectivity index (χ4n) is 2.12. The molecule has 0 aliphatic rings. The summed E-state index contributed by atoms with van der Waals surface area (Å²) in [5.41, 5.74) is 1.30. The third kappa shape index (κ3) is 12.8. The molecule has 0 aromatic heterocycles. The van der Waals surface area contributed by atoms with Crippen molar-refractivity contribution in [2.24, 2.45) is 0 Å². The molecule has 6 nitrogen and oxygen atoms in total. The summed E-state index contributed by atoms with van der Waals surface area (Å²) in [4.78, 5) is 33.5. The Balaban J connectivity index is -0.000000500. The predicted octanol–water partition coefficient (Wildman–Crippen LogP) is 1.32. The third-order valence-electron chi connectivity index (χ3n) is 3.45. The van der Waals surface area contributed by atoms with E-state index in [9.17, 15) is 14.4 Å². The van der Waals surface area contributed by atoms with Crippen molar-refractivity contribution in [1.82, 2.24) is 0 Å². The first-order valence-electron chi connectivity index (χ1n) is 9.56. The van der Waals surface area contributed by atoms with Gasteiger partial charge in [0.2, 0.25) is 0 Å². The maximum absolute atomic E-state index is 11.6. The van der Waals surface area contributed by atoms with E-state index in [-0.39, 0.29) is 57.9 Å². The Morgan fingerprint density at radius 3 is 1.44 bits per heavy atom. The van der Waals surface area contributed by atoms with E-state index in [1.807, 2.05) is 41.5 Å². The Morgan fingerprint density at radius 2 is 1.16 bits per heavy atom. The molecular weight excluding hydrogens is 418 g/mol. The molecule has 167 valence electrons. The SMILES string of the molecule is CC(C)(C)OC(=O)c1ccc(C=O)cc1.CC(C)(C)OC(=O)c1ccc(CO)cc1.[B].[H-].[Na+]. The van der Waals surface area contributed by atoms with Gasteiger partial charge in [-0.1, -0.05) is 24.3 Å². The van der Waals surface area contributed by atoms with E-state index >= 15 is 0 Å². The number of aliphatic hydroxyl groups excluding tert-OH is 1. The van der Waals surface area contributed by atoms with Crippen LogP contribution in [-0.2, 0) is 16.1 Å². The summed E-state index contributed by atoms with van der Waals surface area (Å²) < 4.78 is 10.4. The maximum atomic E-state index is 11.6. The Hall–Kier alpha value is -1.93. The summed E-state index contributed by atoms with van der Waals surface area (Å²) >= 11 is 0. The van der Waals surface area contributed by atoms with Gasteiger partial charge in [-0.2, -0.15) is 0 Å². The second-order valence-electron chi connectivity index (χ2n) is 8.60. The van der Waals surface area contributed by atoms with Gasteiger partial charge in [-0.3, -0.25) is 4.79 Å². The van der Waals surface area contributed by atoms with Crippen LogP contribution in [0.25, 0.3) is 0 Å². The first kappa shape index (κ1) is 32.3. The van der Waals surface area contributed by atoms with Crippen molar-refractivity contribution < 1.29 is 59.9 Å². The molecule has 0 aliphatic heterocycles. The molecule has 0 saturated carbocycles. The molecule has 0 heterocycles. The minimum atomic E-state index is -0.500. The van der Waals surface area contributed by atoms with Crippen molar-refractivity contribution >= 4 is 26.6 Å². The molecule has 1 N–H and O–H groups in total. The molecular formula is C24H31BNaO6. The van der Waals surface area contributed by atoms with Gasteiger partial charge < -0.3 is 16.0 Å². The van der Waals surface area contributed by atoms with Crippen molar-refractivity contribution in [3.63, 3.8) is 0 Å². The molecule has 2 rings (SSSR count). The van der Waals surface area contributed by atoms with E-state index in [1.165, 1.54) is 0 Å². The van der Waals surface area contributed by atoms with Gasteiger partial charge in [0.05, 0.1) is 17.7 Å². The molecule has 8 heteroatoms. The first-order valence-corrected chi connectivity index (χ1v) is 9.56. The quantitative estimate of drug-likeness (QED) is 0.431. The summed E-state index contributed by atoms with van der Waals surface area (Å²) in [5.74, 6) is -0.716. The van der Waals surface area contributed by atoms with Crippen LogP contribution in [-0.4, -0.2) is 42.9 Å². The van der Waals surface area contributed by atoms with Gasteiger partial charge in [0.1, 0.15) is 17.5 Å². The van der Waals surface area contributed by atoms with Gasteiger partial charge in [-0.25, -0.2) is 9.59 Å². The van der Waals surface area contributed by atoms with Crippen LogP contribution in [0.5, 0.6) is 0 Å². The van der Waals surface area contributed by atoms with Gasteiger partial charge in [0.25, 0.3) is 0 Å². The van der Waals surface area contributed by atoms with E-state index in [0.29, 0.717) is 16.7 Å². The van der Waals surface area contributed by atoms with Gasteiger partial charge >= 0.3 is 41.5 Å². The fraction of sp³-hybridized carbons (Fsp3) is 0.375. The predicted molar refractivity (Wildman–Crippen MR) is 121 cm³/mol. The number of ether oxygens (including phenoxy) is 2. The van der Waals surface area contributed by atoms with E-state index in [4.69, 9.17) is 14.6 Å². The van der Waals surface area contributed by atoms with Crippen LogP contribution in [0, 0.1) is 0 Å². The van der Waals surface area contributed by atoms with Gasteiger partial charge in [0, 0.05) is 14.0 Å². The zero-order valence-electron chi connectivity index (χ0n) is 21.0. The molecule has 0 aliphatic carbocycles. The maximum Gasteiger partial charge on any atom is 1.00 e. The normalized spacial score (nSPS) is 10.3. The average Bonchev–Trinajstić information content (AvgIpc) is 2.66. The molecule has 0 unspecified atom stereocenters. The smallest absolute Gasteiger partial charge is 1.00 e. The van der Waals surface area contributed by atoms with E-state index < -0.39 is 11.2 Å². The second-order valence-corrected chi connectivity index (χ2v) is 8.60. The van der Waals surface area contributed by atoms with E-state index in [0.717, 1.165) is 11.8 Å². The van der Waals surface area contributed by atoms with Crippen LogP contribution >= 0.6 is 0 Å². The standard InChI is InChI=1S/C12H16O3.C12H14O3.B.Na.H/c2*1-12(2,3)15-11(14)10-6-4-9(8-13)5-7-10;;;/h4-7,13H,8H2,1-3H3;4-8H,1-3H3;;;/q;;;+1;-1. The molecule has 32 heavy (non-hydrogen) atoms. The number of aliphatic hydroxyl groups is 1. The second kappa shape index (κ2) is 14.3. The molecule has 2 aromatic carbocycles. The van der Waals surface area contributed by atoms with Gasteiger partial charge in [0.15, 0.2) is 0 Å². The monoisotopic (exact) mass is 449 g/mol. The molecule has 3 radical (unpaired) electrons. The number of hydrogen-bond donors (Lipinski definition) is 1. The minimum absolute atomic E-state index is 0. The summed E-state index contributed by atoms with van der Waals surface area (Å²) in [6, 6.07) is 13.1. The molecule has 0 fully saturated rings. The molecule has 0 bridgehead atoms.